The van der Waals surface area contributed by atoms with E-state index in [1.807, 2.05) is 13.8 Å². The number of carbonyl (C=O) groups excluding carboxylic acids is 2. The third kappa shape index (κ3) is 6.09. The van der Waals surface area contributed by atoms with Crippen molar-refractivity contribution in [2.24, 2.45) is 0 Å². The quantitative estimate of drug-likeness (QED) is 0.659. The molecule has 0 aliphatic rings. The van der Waals surface area contributed by atoms with Crippen molar-refractivity contribution in [2.75, 3.05) is 26.9 Å². The minimum absolute atomic E-state index is 0.279. The lowest BCUT2D eigenvalue weighted by Gasteiger charge is -2.13. The Kier molecular flexibility index (Phi) is 8.47. The zero-order valence-electron chi connectivity index (χ0n) is 13.6. The molecule has 6 nitrogen and oxygen atoms in total. The van der Waals surface area contributed by atoms with E-state index in [4.69, 9.17) is 14.2 Å². The van der Waals surface area contributed by atoms with E-state index in [0.29, 0.717) is 29.1 Å². The summed E-state index contributed by atoms with van der Waals surface area (Å²) in [6.07, 6.45) is 1.68. The molecule has 0 saturated heterocycles. The van der Waals surface area contributed by atoms with Gasteiger partial charge >= 0.3 is 5.97 Å². The van der Waals surface area contributed by atoms with Gasteiger partial charge in [0.2, 0.25) is 0 Å². The largest absolute Gasteiger partial charge is 0.493 e. The van der Waals surface area contributed by atoms with Crippen molar-refractivity contribution in [3.63, 3.8) is 0 Å². The number of carbonyl (C=O) groups is 2. The zero-order chi connectivity index (χ0) is 17.2. The van der Waals surface area contributed by atoms with Gasteiger partial charge in [0.15, 0.2) is 18.1 Å². The van der Waals surface area contributed by atoms with Gasteiger partial charge in [-0.15, -0.1) is 0 Å². The zero-order valence-corrected chi connectivity index (χ0v) is 15.2. The summed E-state index contributed by atoms with van der Waals surface area (Å²) >= 11 is 3.36. The summed E-state index contributed by atoms with van der Waals surface area (Å²) in [5, 5.41) is 2.64. The van der Waals surface area contributed by atoms with Gasteiger partial charge in [-0.05, 0) is 40.9 Å². The highest BCUT2D eigenvalue weighted by molar-refractivity contribution is 9.10. The van der Waals surface area contributed by atoms with E-state index in [1.54, 1.807) is 6.07 Å². The van der Waals surface area contributed by atoms with E-state index >= 15 is 0 Å². The van der Waals surface area contributed by atoms with E-state index in [1.165, 1.54) is 13.2 Å². The highest BCUT2D eigenvalue weighted by Gasteiger charge is 2.17. The van der Waals surface area contributed by atoms with Crippen LogP contribution in [0.2, 0.25) is 0 Å². The fourth-order valence-electron chi connectivity index (χ4n) is 1.71. The lowest BCUT2D eigenvalue weighted by Crippen LogP contribution is -2.29. The number of halogens is 1. The number of amides is 1. The van der Waals surface area contributed by atoms with Crippen LogP contribution in [-0.2, 0) is 9.53 Å². The number of rotatable bonds is 9. The Labute approximate surface area is 144 Å². The Morgan fingerprint density at radius 1 is 1.22 bits per heavy atom. The molecule has 0 fully saturated rings. The summed E-state index contributed by atoms with van der Waals surface area (Å²) in [7, 11) is 1.49. The molecule has 1 aromatic carbocycles. The van der Waals surface area contributed by atoms with E-state index in [2.05, 4.69) is 21.2 Å². The van der Waals surface area contributed by atoms with Crippen LogP contribution in [0.1, 0.15) is 37.0 Å². The predicted octanol–water partition coefficient (Wildman–Crippen LogP) is 2.93. The van der Waals surface area contributed by atoms with Gasteiger partial charge in [-0.3, -0.25) is 4.79 Å². The Morgan fingerprint density at radius 3 is 2.57 bits per heavy atom. The fourth-order valence-corrected chi connectivity index (χ4v) is 2.27. The van der Waals surface area contributed by atoms with E-state index < -0.39 is 5.97 Å². The monoisotopic (exact) mass is 387 g/mol. The van der Waals surface area contributed by atoms with Crippen molar-refractivity contribution in [1.82, 2.24) is 5.32 Å². The number of hydrogen-bond acceptors (Lipinski definition) is 5. The summed E-state index contributed by atoms with van der Waals surface area (Å²) in [5.74, 6) is 0.0358. The third-order valence-corrected chi connectivity index (χ3v) is 3.41. The van der Waals surface area contributed by atoms with Gasteiger partial charge in [0, 0.05) is 6.54 Å². The average Bonchev–Trinajstić information content (AvgIpc) is 2.55. The topological polar surface area (TPSA) is 73.9 Å². The molecule has 23 heavy (non-hydrogen) atoms. The highest BCUT2D eigenvalue weighted by Crippen LogP contribution is 2.36. The predicted molar refractivity (Wildman–Crippen MR) is 90.1 cm³/mol. The molecular weight excluding hydrogens is 366 g/mol. The van der Waals surface area contributed by atoms with Gasteiger partial charge in [0.1, 0.15) is 0 Å². The normalized spacial score (nSPS) is 10.1. The summed E-state index contributed by atoms with van der Waals surface area (Å²) in [4.78, 5) is 23.5. The van der Waals surface area contributed by atoms with Crippen molar-refractivity contribution in [3.8, 4) is 11.5 Å². The molecule has 1 aromatic rings. The standard InChI is InChI=1S/C16H22BrNO5/c1-4-6-18-14(19)10-23-16(20)11-8-12(17)15(22-7-5-2)13(9-11)21-3/h8-9H,4-7,10H2,1-3H3,(H,18,19). The Morgan fingerprint density at radius 2 is 1.96 bits per heavy atom. The average molecular weight is 388 g/mol. The van der Waals surface area contributed by atoms with Gasteiger partial charge < -0.3 is 19.5 Å². The van der Waals surface area contributed by atoms with E-state index in [0.717, 1.165) is 12.8 Å². The van der Waals surface area contributed by atoms with Gasteiger partial charge in [0.25, 0.3) is 5.91 Å². The molecule has 128 valence electrons. The van der Waals surface area contributed by atoms with Crippen LogP contribution in [-0.4, -0.2) is 38.7 Å². The van der Waals surface area contributed by atoms with Crippen molar-refractivity contribution >= 4 is 27.8 Å². The minimum Gasteiger partial charge on any atom is -0.493 e. The van der Waals surface area contributed by atoms with Crippen LogP contribution >= 0.6 is 15.9 Å². The maximum atomic E-state index is 12.0. The molecule has 1 N–H and O–H groups in total. The maximum absolute atomic E-state index is 12.0. The Hall–Kier alpha value is -1.76. The number of nitrogens with one attached hydrogen (secondary N) is 1. The lowest BCUT2D eigenvalue weighted by molar-refractivity contribution is -0.124. The second kappa shape index (κ2) is 10.1. The summed E-state index contributed by atoms with van der Waals surface area (Å²) in [5.41, 5.74) is 0.279. The molecule has 0 aromatic heterocycles. The molecule has 0 bridgehead atoms. The SMILES string of the molecule is CCCNC(=O)COC(=O)c1cc(Br)c(OCCC)c(OC)c1. The van der Waals surface area contributed by atoms with Crippen LogP contribution < -0.4 is 14.8 Å². The van der Waals surface area contributed by atoms with Crippen LogP contribution in [0.15, 0.2) is 16.6 Å². The number of hydrogen-bond donors (Lipinski definition) is 1. The van der Waals surface area contributed by atoms with Crippen LogP contribution in [0.3, 0.4) is 0 Å². The molecule has 0 atom stereocenters. The first-order valence-corrected chi connectivity index (χ1v) is 8.26. The first-order chi connectivity index (χ1) is 11.0. The highest BCUT2D eigenvalue weighted by atomic mass is 79.9. The van der Waals surface area contributed by atoms with Crippen LogP contribution in [0.5, 0.6) is 11.5 Å². The molecule has 0 unspecified atom stereocenters. The van der Waals surface area contributed by atoms with Crippen LogP contribution in [0.25, 0.3) is 0 Å². The maximum Gasteiger partial charge on any atom is 0.338 e. The number of methoxy groups -OCH3 is 1. The number of ether oxygens (including phenoxy) is 3. The van der Waals surface area contributed by atoms with E-state index in [-0.39, 0.29) is 18.1 Å². The molecule has 0 spiro atoms. The van der Waals surface area contributed by atoms with Gasteiger partial charge in [-0.2, -0.15) is 0 Å². The molecule has 0 saturated carbocycles. The second-order valence-electron chi connectivity index (χ2n) is 4.76. The molecule has 7 heteroatoms. The van der Waals surface area contributed by atoms with Crippen LogP contribution in [0, 0.1) is 0 Å². The first-order valence-electron chi connectivity index (χ1n) is 7.47. The van der Waals surface area contributed by atoms with E-state index in [9.17, 15) is 9.59 Å². The second-order valence-corrected chi connectivity index (χ2v) is 5.62. The molecular formula is C16H22BrNO5. The Balaban J connectivity index is 2.77. The van der Waals surface area contributed by atoms with Gasteiger partial charge in [-0.25, -0.2) is 4.79 Å². The molecule has 0 heterocycles. The van der Waals surface area contributed by atoms with Crippen molar-refractivity contribution < 1.29 is 23.8 Å². The molecule has 0 aliphatic heterocycles. The molecule has 1 rings (SSSR count). The summed E-state index contributed by atoms with van der Waals surface area (Å²) in [6.45, 7) is 4.72. The number of benzene rings is 1. The summed E-state index contributed by atoms with van der Waals surface area (Å²) in [6, 6.07) is 3.11. The van der Waals surface area contributed by atoms with Gasteiger partial charge in [-0.1, -0.05) is 13.8 Å². The Bertz CT molecular complexity index is 548. The van der Waals surface area contributed by atoms with Crippen molar-refractivity contribution in [2.45, 2.75) is 26.7 Å². The molecule has 1 amide bonds. The minimum atomic E-state index is -0.599. The fraction of sp³-hybridized carbons (Fsp3) is 0.500. The number of esters is 1. The van der Waals surface area contributed by atoms with Crippen molar-refractivity contribution in [3.05, 3.63) is 22.2 Å². The lowest BCUT2D eigenvalue weighted by atomic mass is 10.2. The first kappa shape index (κ1) is 19.3. The third-order valence-electron chi connectivity index (χ3n) is 2.82. The molecule has 0 radical (unpaired) electrons. The van der Waals surface area contributed by atoms with Crippen molar-refractivity contribution in [1.29, 1.82) is 0 Å². The van der Waals surface area contributed by atoms with Crippen LogP contribution in [0.4, 0.5) is 0 Å². The molecule has 0 aliphatic carbocycles. The smallest absolute Gasteiger partial charge is 0.338 e. The van der Waals surface area contributed by atoms with Gasteiger partial charge in [0.05, 0.1) is 23.8 Å². The summed E-state index contributed by atoms with van der Waals surface area (Å²) < 4.78 is 16.4.